The van der Waals surface area contributed by atoms with Crippen LogP contribution in [0.3, 0.4) is 0 Å². The Hall–Kier alpha value is -1.74. The highest BCUT2D eigenvalue weighted by atomic mass is 32.2. The number of hydrogen-bond donors (Lipinski definition) is 0. The first kappa shape index (κ1) is 21.0. The molecule has 28 heavy (non-hydrogen) atoms. The number of piperidine rings is 1. The molecule has 1 fully saturated rings. The Morgan fingerprint density at radius 2 is 1.39 bits per heavy atom. The standard InChI is InChI=1S/C20H25NO5S2/c1-16-6-10-19(11-7-16)27(22,23)21-14-4-3-5-18(21)15-26-28(24,25)20-12-8-17(2)9-13-20/h6-13,18H,3-5,14-15H2,1-2H3/t18-/m1/s1. The van der Waals surface area contributed by atoms with Crippen LogP contribution < -0.4 is 0 Å². The van der Waals surface area contributed by atoms with Gasteiger partial charge in [-0.15, -0.1) is 0 Å². The highest BCUT2D eigenvalue weighted by molar-refractivity contribution is 7.89. The van der Waals surface area contributed by atoms with Crippen LogP contribution in [0.15, 0.2) is 58.3 Å². The van der Waals surface area contributed by atoms with Crippen molar-refractivity contribution in [3.05, 3.63) is 59.7 Å². The van der Waals surface area contributed by atoms with Gasteiger partial charge in [-0.05, 0) is 51.0 Å². The molecular formula is C20H25NO5S2. The van der Waals surface area contributed by atoms with Crippen molar-refractivity contribution in [2.24, 2.45) is 0 Å². The maximum Gasteiger partial charge on any atom is 0.297 e. The topological polar surface area (TPSA) is 80.8 Å². The van der Waals surface area contributed by atoms with Gasteiger partial charge in [-0.2, -0.15) is 12.7 Å². The fourth-order valence-corrected chi connectivity index (χ4v) is 5.86. The van der Waals surface area contributed by atoms with Gasteiger partial charge in [0.05, 0.1) is 16.4 Å². The highest BCUT2D eigenvalue weighted by Crippen LogP contribution is 2.26. The van der Waals surface area contributed by atoms with Crippen molar-refractivity contribution >= 4 is 20.1 Å². The molecule has 152 valence electrons. The Kier molecular flexibility index (Phi) is 6.24. The number of hydrogen-bond acceptors (Lipinski definition) is 5. The zero-order valence-electron chi connectivity index (χ0n) is 16.0. The van der Waals surface area contributed by atoms with E-state index in [-0.39, 0.29) is 16.4 Å². The van der Waals surface area contributed by atoms with E-state index in [0.717, 1.165) is 24.0 Å². The number of nitrogens with zero attached hydrogens (tertiary/aromatic N) is 1. The molecule has 8 heteroatoms. The maximum absolute atomic E-state index is 13.1. The summed E-state index contributed by atoms with van der Waals surface area (Å²) < 4.78 is 57.7. The van der Waals surface area contributed by atoms with Crippen molar-refractivity contribution < 1.29 is 21.0 Å². The van der Waals surface area contributed by atoms with Crippen LogP contribution in [0.1, 0.15) is 30.4 Å². The second-order valence-electron chi connectivity index (χ2n) is 7.13. The van der Waals surface area contributed by atoms with E-state index in [0.29, 0.717) is 13.0 Å². The summed E-state index contributed by atoms with van der Waals surface area (Å²) in [7, 11) is -7.64. The van der Waals surface area contributed by atoms with Gasteiger partial charge in [0.1, 0.15) is 0 Å². The van der Waals surface area contributed by atoms with Gasteiger partial charge < -0.3 is 0 Å². The van der Waals surface area contributed by atoms with Crippen molar-refractivity contribution in [1.82, 2.24) is 4.31 Å². The van der Waals surface area contributed by atoms with Gasteiger partial charge in [0.15, 0.2) is 0 Å². The summed E-state index contributed by atoms with van der Waals surface area (Å²) in [6.45, 7) is 3.92. The fourth-order valence-electron chi connectivity index (χ4n) is 3.24. The summed E-state index contributed by atoms with van der Waals surface area (Å²) >= 11 is 0. The fraction of sp³-hybridized carbons (Fsp3) is 0.400. The molecular weight excluding hydrogens is 398 g/mol. The molecule has 0 aromatic heterocycles. The summed E-state index contributed by atoms with van der Waals surface area (Å²) in [4.78, 5) is 0.285. The van der Waals surface area contributed by atoms with Gasteiger partial charge in [0, 0.05) is 12.6 Å². The molecule has 0 bridgehead atoms. The van der Waals surface area contributed by atoms with Crippen LogP contribution >= 0.6 is 0 Å². The summed E-state index contributed by atoms with van der Waals surface area (Å²) in [6.07, 6.45) is 2.14. The van der Waals surface area contributed by atoms with Crippen LogP contribution in [-0.2, 0) is 24.3 Å². The minimum Gasteiger partial charge on any atom is -0.265 e. The number of sulfonamides is 1. The lowest BCUT2D eigenvalue weighted by Gasteiger charge is -2.34. The maximum atomic E-state index is 13.1. The van der Waals surface area contributed by atoms with E-state index >= 15 is 0 Å². The van der Waals surface area contributed by atoms with Crippen molar-refractivity contribution in [2.45, 2.75) is 48.9 Å². The third kappa shape index (κ3) is 4.63. The Balaban J connectivity index is 1.78. The Morgan fingerprint density at radius 1 is 0.857 bits per heavy atom. The molecule has 1 aliphatic rings. The summed E-state index contributed by atoms with van der Waals surface area (Å²) in [5.41, 5.74) is 1.92. The number of rotatable bonds is 6. The zero-order chi connectivity index (χ0) is 20.4. The highest BCUT2D eigenvalue weighted by Gasteiger charge is 2.34. The third-order valence-electron chi connectivity index (χ3n) is 4.93. The van der Waals surface area contributed by atoms with E-state index in [9.17, 15) is 16.8 Å². The van der Waals surface area contributed by atoms with E-state index in [4.69, 9.17) is 4.18 Å². The summed E-state index contributed by atoms with van der Waals surface area (Å²) in [5, 5.41) is 0. The lowest BCUT2D eigenvalue weighted by atomic mass is 10.1. The molecule has 1 atom stereocenters. The second-order valence-corrected chi connectivity index (χ2v) is 10.6. The molecule has 3 rings (SSSR count). The van der Waals surface area contributed by atoms with E-state index in [1.165, 1.54) is 16.4 Å². The van der Waals surface area contributed by atoms with Crippen molar-refractivity contribution in [3.63, 3.8) is 0 Å². The van der Waals surface area contributed by atoms with Crippen LogP contribution in [-0.4, -0.2) is 40.3 Å². The largest absolute Gasteiger partial charge is 0.297 e. The lowest BCUT2D eigenvalue weighted by molar-refractivity contribution is 0.172. The van der Waals surface area contributed by atoms with E-state index in [1.807, 2.05) is 13.8 Å². The smallest absolute Gasteiger partial charge is 0.265 e. The first-order chi connectivity index (χ1) is 13.2. The van der Waals surface area contributed by atoms with Crippen LogP contribution in [0.5, 0.6) is 0 Å². The van der Waals surface area contributed by atoms with Gasteiger partial charge in [0.25, 0.3) is 10.1 Å². The van der Waals surface area contributed by atoms with Crippen molar-refractivity contribution in [2.75, 3.05) is 13.2 Å². The van der Waals surface area contributed by atoms with Crippen LogP contribution in [0.2, 0.25) is 0 Å². The van der Waals surface area contributed by atoms with E-state index in [2.05, 4.69) is 0 Å². The molecule has 1 heterocycles. The Morgan fingerprint density at radius 3 is 1.96 bits per heavy atom. The minimum absolute atomic E-state index is 0.0712. The lowest BCUT2D eigenvalue weighted by Crippen LogP contribution is -2.46. The minimum atomic E-state index is -3.94. The SMILES string of the molecule is Cc1ccc(S(=O)(=O)OC[C@H]2CCCCN2S(=O)(=O)c2ccc(C)cc2)cc1. The van der Waals surface area contributed by atoms with Crippen LogP contribution in [0.25, 0.3) is 0 Å². The first-order valence-corrected chi connectivity index (χ1v) is 12.1. The molecule has 0 radical (unpaired) electrons. The van der Waals surface area contributed by atoms with Gasteiger partial charge >= 0.3 is 0 Å². The van der Waals surface area contributed by atoms with E-state index in [1.54, 1.807) is 36.4 Å². The number of aryl methyl sites for hydroxylation is 2. The third-order valence-corrected chi connectivity index (χ3v) is 8.19. The predicted molar refractivity (Wildman–Crippen MR) is 107 cm³/mol. The molecule has 0 amide bonds. The first-order valence-electron chi connectivity index (χ1n) is 9.25. The quantitative estimate of drug-likeness (QED) is 0.666. The molecule has 2 aromatic rings. The molecule has 1 aliphatic heterocycles. The van der Waals surface area contributed by atoms with E-state index < -0.39 is 26.2 Å². The molecule has 6 nitrogen and oxygen atoms in total. The van der Waals surface area contributed by atoms with Gasteiger partial charge in [-0.25, -0.2) is 8.42 Å². The molecule has 0 N–H and O–H groups in total. The monoisotopic (exact) mass is 423 g/mol. The number of benzene rings is 2. The van der Waals surface area contributed by atoms with Crippen molar-refractivity contribution in [3.8, 4) is 0 Å². The molecule has 0 unspecified atom stereocenters. The van der Waals surface area contributed by atoms with Crippen molar-refractivity contribution in [1.29, 1.82) is 0 Å². The van der Waals surface area contributed by atoms with Crippen LogP contribution in [0, 0.1) is 13.8 Å². The molecule has 0 aliphatic carbocycles. The van der Waals surface area contributed by atoms with Gasteiger partial charge in [0.2, 0.25) is 10.0 Å². The van der Waals surface area contributed by atoms with Gasteiger partial charge in [-0.3, -0.25) is 4.18 Å². The average molecular weight is 424 g/mol. The molecule has 2 aromatic carbocycles. The molecule has 0 spiro atoms. The zero-order valence-corrected chi connectivity index (χ0v) is 17.7. The van der Waals surface area contributed by atoms with Crippen LogP contribution in [0.4, 0.5) is 0 Å². The summed E-state index contributed by atoms with van der Waals surface area (Å²) in [5.74, 6) is 0. The predicted octanol–water partition coefficient (Wildman–Crippen LogP) is 3.25. The average Bonchev–Trinajstić information content (AvgIpc) is 2.67. The summed E-state index contributed by atoms with van der Waals surface area (Å²) in [6, 6.07) is 12.5. The molecule has 0 saturated carbocycles. The molecule has 1 saturated heterocycles. The Bertz CT molecular complexity index is 1010. The van der Waals surface area contributed by atoms with Gasteiger partial charge in [-0.1, -0.05) is 41.8 Å². The second kappa shape index (κ2) is 8.32. The normalized spacial score (nSPS) is 18.9. The Labute approximate surface area is 167 Å².